The normalized spacial score (nSPS) is 16.1. The highest BCUT2D eigenvalue weighted by Crippen LogP contribution is 2.29. The number of hydrogen-bond acceptors (Lipinski definition) is 1. The van der Waals surface area contributed by atoms with Gasteiger partial charge in [0.25, 0.3) is 0 Å². The van der Waals surface area contributed by atoms with E-state index in [0.717, 1.165) is 30.2 Å². The molecule has 1 heterocycles. The topological polar surface area (TPSA) is 17.8 Å². The molecule has 0 aliphatic heterocycles. The van der Waals surface area contributed by atoms with E-state index in [1.165, 1.54) is 49.6 Å². The Morgan fingerprint density at radius 2 is 2.10 bits per heavy atom. The largest absolute Gasteiger partial charge is 0.328 e. The lowest BCUT2D eigenvalue weighted by molar-refractivity contribution is 0.458. The van der Waals surface area contributed by atoms with Crippen LogP contribution in [0.5, 0.6) is 0 Å². The van der Waals surface area contributed by atoms with Crippen LogP contribution in [0, 0.1) is 12.8 Å². The van der Waals surface area contributed by atoms with Gasteiger partial charge in [-0.25, -0.2) is 4.98 Å². The van der Waals surface area contributed by atoms with Crippen molar-refractivity contribution >= 4 is 22.6 Å². The Bertz CT molecular complexity index is 597. The molecule has 0 unspecified atom stereocenters. The first-order chi connectivity index (χ1) is 10.3. The van der Waals surface area contributed by atoms with Crippen LogP contribution in [0.1, 0.15) is 49.9 Å². The molecule has 2 nitrogen and oxygen atoms in total. The van der Waals surface area contributed by atoms with Crippen molar-refractivity contribution < 1.29 is 0 Å². The zero-order valence-electron chi connectivity index (χ0n) is 12.9. The van der Waals surface area contributed by atoms with Gasteiger partial charge >= 0.3 is 0 Å². The van der Waals surface area contributed by atoms with Gasteiger partial charge in [-0.05, 0) is 37.3 Å². The lowest BCUT2D eigenvalue weighted by Gasteiger charge is -2.12. The molecule has 1 saturated carbocycles. The molecule has 1 aromatic heterocycles. The Morgan fingerprint density at radius 3 is 2.86 bits per heavy atom. The summed E-state index contributed by atoms with van der Waals surface area (Å²) in [6.45, 7) is 3.27. The van der Waals surface area contributed by atoms with Crippen LogP contribution in [0.2, 0.25) is 0 Å². The number of rotatable bonds is 6. The molecule has 2 aromatic rings. The number of aromatic nitrogens is 2. The molecule has 1 aliphatic rings. The van der Waals surface area contributed by atoms with Gasteiger partial charge in [-0.2, -0.15) is 0 Å². The molecule has 3 heteroatoms. The lowest BCUT2D eigenvalue weighted by Crippen LogP contribution is -2.07. The maximum atomic E-state index is 5.96. The van der Waals surface area contributed by atoms with E-state index in [1.54, 1.807) is 0 Å². The smallest absolute Gasteiger partial charge is 0.111 e. The van der Waals surface area contributed by atoms with E-state index in [4.69, 9.17) is 16.6 Å². The number of fused-ring (bicyclic) bond motifs is 1. The summed E-state index contributed by atoms with van der Waals surface area (Å²) >= 11 is 5.96. The van der Waals surface area contributed by atoms with Crippen LogP contribution in [0.25, 0.3) is 11.0 Å². The van der Waals surface area contributed by atoms with Crippen LogP contribution in [-0.2, 0) is 13.0 Å². The number of hydrogen-bond donors (Lipinski definition) is 0. The second-order valence-corrected chi connectivity index (χ2v) is 6.73. The van der Waals surface area contributed by atoms with Gasteiger partial charge in [-0.3, -0.25) is 0 Å². The maximum absolute atomic E-state index is 5.96. The average Bonchev–Trinajstić information content (AvgIpc) is 3.09. The van der Waals surface area contributed by atoms with Crippen molar-refractivity contribution in [3.8, 4) is 0 Å². The molecule has 0 spiro atoms. The third-order valence-electron chi connectivity index (χ3n) is 4.83. The summed E-state index contributed by atoms with van der Waals surface area (Å²) in [5, 5.41) is 0. The predicted molar refractivity (Wildman–Crippen MR) is 90.1 cm³/mol. The quantitative estimate of drug-likeness (QED) is 0.679. The van der Waals surface area contributed by atoms with Crippen molar-refractivity contribution in [2.75, 3.05) is 5.88 Å². The summed E-state index contributed by atoms with van der Waals surface area (Å²) in [6.07, 6.45) is 9.26. The molecule has 0 radical (unpaired) electrons. The first-order valence-corrected chi connectivity index (χ1v) is 8.83. The Kier molecular flexibility index (Phi) is 4.84. The fourth-order valence-corrected chi connectivity index (χ4v) is 3.94. The van der Waals surface area contributed by atoms with Crippen molar-refractivity contribution in [1.29, 1.82) is 0 Å². The van der Waals surface area contributed by atoms with Gasteiger partial charge in [0.1, 0.15) is 5.82 Å². The Balaban J connectivity index is 1.79. The molecule has 1 fully saturated rings. The summed E-state index contributed by atoms with van der Waals surface area (Å²) in [4.78, 5) is 4.79. The molecule has 114 valence electrons. The third kappa shape index (κ3) is 3.26. The van der Waals surface area contributed by atoms with E-state index in [0.29, 0.717) is 5.88 Å². The van der Waals surface area contributed by atoms with Gasteiger partial charge in [0, 0.05) is 18.8 Å². The van der Waals surface area contributed by atoms with Gasteiger partial charge in [0.15, 0.2) is 0 Å². The zero-order chi connectivity index (χ0) is 14.7. The highest BCUT2D eigenvalue weighted by Gasteiger charge is 2.16. The highest BCUT2D eigenvalue weighted by atomic mass is 35.5. The molecule has 0 saturated heterocycles. The summed E-state index contributed by atoms with van der Waals surface area (Å²) in [5.74, 6) is 2.77. The monoisotopic (exact) mass is 304 g/mol. The number of aryl methyl sites for hydroxylation is 3. The zero-order valence-corrected chi connectivity index (χ0v) is 13.7. The van der Waals surface area contributed by atoms with E-state index < -0.39 is 0 Å². The molecule has 21 heavy (non-hydrogen) atoms. The summed E-state index contributed by atoms with van der Waals surface area (Å²) < 4.78 is 2.42. The minimum atomic E-state index is 0.644. The number of imidazole rings is 1. The van der Waals surface area contributed by atoms with Crippen molar-refractivity contribution in [2.45, 2.75) is 58.4 Å². The second kappa shape index (κ2) is 6.83. The summed E-state index contributed by atoms with van der Waals surface area (Å²) in [6, 6.07) is 6.40. The second-order valence-electron chi connectivity index (χ2n) is 6.35. The lowest BCUT2D eigenvalue weighted by atomic mass is 10.0. The minimum Gasteiger partial charge on any atom is -0.328 e. The van der Waals surface area contributed by atoms with Gasteiger partial charge in [-0.15, -0.1) is 11.6 Å². The maximum Gasteiger partial charge on any atom is 0.111 e. The first kappa shape index (κ1) is 14.9. The fraction of sp³-hybridized carbons (Fsp3) is 0.611. The van der Waals surface area contributed by atoms with Crippen molar-refractivity contribution in [1.82, 2.24) is 9.55 Å². The Hall–Kier alpha value is -1.02. The first-order valence-electron chi connectivity index (χ1n) is 8.30. The van der Waals surface area contributed by atoms with Gasteiger partial charge < -0.3 is 4.57 Å². The minimum absolute atomic E-state index is 0.644. The van der Waals surface area contributed by atoms with Gasteiger partial charge in [-0.1, -0.05) is 37.8 Å². The fourth-order valence-electron chi connectivity index (χ4n) is 3.77. The molecule has 0 atom stereocenters. The predicted octanol–water partition coefficient (Wildman–Crippen LogP) is 5.10. The number of nitrogens with zero attached hydrogens (tertiary/aromatic N) is 2. The molecule has 1 aliphatic carbocycles. The van der Waals surface area contributed by atoms with Gasteiger partial charge in [0.05, 0.1) is 11.0 Å². The van der Waals surface area contributed by atoms with Crippen LogP contribution >= 0.6 is 11.6 Å². The van der Waals surface area contributed by atoms with E-state index in [1.807, 2.05) is 0 Å². The molecule has 0 N–H and O–H groups in total. The van der Waals surface area contributed by atoms with E-state index in [-0.39, 0.29) is 0 Å². The number of para-hydroxylation sites is 1. The molecular weight excluding hydrogens is 280 g/mol. The van der Waals surface area contributed by atoms with Crippen LogP contribution in [-0.4, -0.2) is 15.4 Å². The molecular formula is C18H25ClN2. The molecule has 0 amide bonds. The molecule has 3 rings (SSSR count). The van der Waals surface area contributed by atoms with Crippen LogP contribution in [0.3, 0.4) is 0 Å². The standard InChI is InChI=1S/C18H25ClN2/c1-14-6-4-10-16-18(14)21(17(20-16)11-12-19)13-5-9-15-7-2-3-8-15/h4,6,10,15H,2-3,5,7-9,11-13H2,1H3. The van der Waals surface area contributed by atoms with E-state index >= 15 is 0 Å². The molecule has 0 bridgehead atoms. The third-order valence-corrected chi connectivity index (χ3v) is 5.02. The van der Waals surface area contributed by atoms with Crippen molar-refractivity contribution in [3.05, 3.63) is 29.6 Å². The van der Waals surface area contributed by atoms with Crippen molar-refractivity contribution in [3.63, 3.8) is 0 Å². The summed E-state index contributed by atoms with van der Waals surface area (Å²) in [5.41, 5.74) is 3.75. The van der Waals surface area contributed by atoms with Gasteiger partial charge in [0.2, 0.25) is 0 Å². The highest BCUT2D eigenvalue weighted by molar-refractivity contribution is 6.17. The van der Waals surface area contributed by atoms with E-state index in [2.05, 4.69) is 29.7 Å². The van der Waals surface area contributed by atoms with Crippen LogP contribution in [0.15, 0.2) is 18.2 Å². The number of alkyl halides is 1. The van der Waals surface area contributed by atoms with Crippen LogP contribution in [0.4, 0.5) is 0 Å². The van der Waals surface area contributed by atoms with Crippen molar-refractivity contribution in [2.24, 2.45) is 5.92 Å². The Labute approximate surface area is 132 Å². The van der Waals surface area contributed by atoms with Crippen LogP contribution < -0.4 is 0 Å². The number of benzene rings is 1. The number of halogens is 1. The summed E-state index contributed by atoms with van der Waals surface area (Å²) in [7, 11) is 0. The Morgan fingerprint density at radius 1 is 1.29 bits per heavy atom. The van der Waals surface area contributed by atoms with E-state index in [9.17, 15) is 0 Å². The average molecular weight is 305 g/mol. The SMILES string of the molecule is Cc1cccc2nc(CCCl)n(CCCC3CCCC3)c12. The molecule has 1 aromatic carbocycles.